The van der Waals surface area contributed by atoms with E-state index in [1.807, 2.05) is 0 Å². The number of nitrogens with one attached hydrogen (secondary N) is 2. The maximum atomic E-state index is 4.28. The molecule has 1 heterocycles. The van der Waals surface area contributed by atoms with Gasteiger partial charge in [0.15, 0.2) is 5.96 Å². The highest BCUT2D eigenvalue weighted by Crippen LogP contribution is 2.18. The Hall–Kier alpha value is -2.33. The fourth-order valence-corrected chi connectivity index (χ4v) is 3.09. The first-order valence-corrected chi connectivity index (χ1v) is 8.23. The third-order valence-corrected chi connectivity index (χ3v) is 4.32. The summed E-state index contributed by atoms with van der Waals surface area (Å²) < 4.78 is 0. The summed E-state index contributed by atoms with van der Waals surface area (Å²) in [6, 6.07) is 17.0. The molecule has 3 aromatic rings. The second kappa shape index (κ2) is 7.09. The maximum absolute atomic E-state index is 4.28. The highest BCUT2D eigenvalue weighted by atomic mass is 32.1. The van der Waals surface area contributed by atoms with Crippen LogP contribution in [0.4, 0.5) is 0 Å². The van der Waals surface area contributed by atoms with Crippen molar-refractivity contribution in [3.8, 4) is 0 Å². The molecule has 4 heteroatoms. The Bertz CT molecular complexity index is 758. The van der Waals surface area contributed by atoms with E-state index in [1.165, 1.54) is 21.9 Å². The average Bonchev–Trinajstić information content (AvgIpc) is 3.08. The first-order valence-electron chi connectivity index (χ1n) is 7.29. The van der Waals surface area contributed by atoms with Crippen LogP contribution in [0.3, 0.4) is 0 Å². The molecule has 2 aromatic carbocycles. The number of hydrogen-bond donors (Lipinski definition) is 2. The van der Waals surface area contributed by atoms with Gasteiger partial charge < -0.3 is 10.6 Å². The van der Waals surface area contributed by atoms with Crippen molar-refractivity contribution in [3.63, 3.8) is 0 Å². The molecule has 3 rings (SSSR count). The minimum Gasteiger partial charge on any atom is -0.352 e. The molecule has 2 N–H and O–H groups in total. The summed E-state index contributed by atoms with van der Waals surface area (Å²) in [7, 11) is 1.80. The lowest BCUT2D eigenvalue weighted by molar-refractivity contribution is 0.813. The first kappa shape index (κ1) is 14.6. The topological polar surface area (TPSA) is 36.4 Å². The standard InChI is InChI=1S/C18H19N3S/c1-19-18(20-11-14-9-10-22-13-14)21-12-16-7-4-6-15-5-2-3-8-17(15)16/h2-10,13H,11-12H2,1H3,(H2,19,20,21). The second-order valence-electron chi connectivity index (χ2n) is 5.05. The van der Waals surface area contributed by atoms with Crippen LogP contribution >= 0.6 is 11.3 Å². The lowest BCUT2D eigenvalue weighted by Gasteiger charge is -2.13. The zero-order valence-electron chi connectivity index (χ0n) is 12.5. The van der Waals surface area contributed by atoms with Crippen LogP contribution in [0.25, 0.3) is 10.8 Å². The average molecular weight is 309 g/mol. The number of hydrogen-bond acceptors (Lipinski definition) is 2. The van der Waals surface area contributed by atoms with Gasteiger partial charge in [0.2, 0.25) is 0 Å². The van der Waals surface area contributed by atoms with Crippen molar-refractivity contribution >= 4 is 28.1 Å². The summed E-state index contributed by atoms with van der Waals surface area (Å²) >= 11 is 1.71. The fourth-order valence-electron chi connectivity index (χ4n) is 2.43. The molecular formula is C18H19N3S. The molecule has 22 heavy (non-hydrogen) atoms. The van der Waals surface area contributed by atoms with E-state index in [2.05, 4.69) is 74.9 Å². The molecule has 0 aliphatic rings. The van der Waals surface area contributed by atoms with Crippen molar-refractivity contribution in [2.45, 2.75) is 13.1 Å². The summed E-state index contributed by atoms with van der Waals surface area (Å²) in [5, 5.41) is 13.5. The van der Waals surface area contributed by atoms with Gasteiger partial charge in [-0.15, -0.1) is 0 Å². The Labute approximate surface area is 134 Å². The summed E-state index contributed by atoms with van der Waals surface area (Å²) in [5.41, 5.74) is 2.55. The van der Waals surface area contributed by atoms with E-state index >= 15 is 0 Å². The summed E-state index contributed by atoms with van der Waals surface area (Å²) in [6.07, 6.45) is 0. The number of thiophene rings is 1. The number of fused-ring (bicyclic) bond motifs is 1. The summed E-state index contributed by atoms with van der Waals surface area (Å²) in [6.45, 7) is 1.55. The van der Waals surface area contributed by atoms with E-state index in [4.69, 9.17) is 0 Å². The Morgan fingerprint density at radius 1 is 1.00 bits per heavy atom. The molecule has 0 aliphatic heterocycles. The van der Waals surface area contributed by atoms with Crippen LogP contribution in [0.2, 0.25) is 0 Å². The van der Waals surface area contributed by atoms with E-state index in [0.717, 1.165) is 19.0 Å². The monoisotopic (exact) mass is 309 g/mol. The number of aliphatic imine (C=N–C) groups is 1. The van der Waals surface area contributed by atoms with Gasteiger partial charge in [0.05, 0.1) is 0 Å². The Morgan fingerprint density at radius 3 is 2.64 bits per heavy atom. The minimum atomic E-state index is 0.755. The van der Waals surface area contributed by atoms with Crippen molar-refractivity contribution in [2.75, 3.05) is 7.05 Å². The molecule has 112 valence electrons. The molecule has 0 spiro atoms. The van der Waals surface area contributed by atoms with Crippen molar-refractivity contribution in [3.05, 3.63) is 70.4 Å². The molecule has 0 amide bonds. The van der Waals surface area contributed by atoms with Gasteiger partial charge in [0.25, 0.3) is 0 Å². The van der Waals surface area contributed by atoms with E-state index in [9.17, 15) is 0 Å². The largest absolute Gasteiger partial charge is 0.352 e. The normalized spacial score (nSPS) is 11.6. The molecular weight excluding hydrogens is 290 g/mol. The van der Waals surface area contributed by atoms with Gasteiger partial charge in [-0.3, -0.25) is 4.99 Å². The van der Waals surface area contributed by atoms with Crippen LogP contribution in [-0.4, -0.2) is 13.0 Å². The Morgan fingerprint density at radius 2 is 1.82 bits per heavy atom. The highest BCUT2D eigenvalue weighted by Gasteiger charge is 2.02. The summed E-state index contributed by atoms with van der Waals surface area (Å²) in [4.78, 5) is 4.28. The van der Waals surface area contributed by atoms with Crippen LogP contribution < -0.4 is 10.6 Å². The Balaban J connectivity index is 1.64. The van der Waals surface area contributed by atoms with Crippen molar-refractivity contribution in [1.82, 2.24) is 10.6 Å². The van der Waals surface area contributed by atoms with Crippen LogP contribution in [0, 0.1) is 0 Å². The third-order valence-electron chi connectivity index (χ3n) is 3.59. The minimum absolute atomic E-state index is 0.755. The molecule has 3 nitrogen and oxygen atoms in total. The van der Waals surface area contributed by atoms with Crippen LogP contribution in [0.1, 0.15) is 11.1 Å². The number of benzene rings is 2. The van der Waals surface area contributed by atoms with E-state index < -0.39 is 0 Å². The van der Waals surface area contributed by atoms with E-state index in [0.29, 0.717) is 0 Å². The molecule has 0 fully saturated rings. The van der Waals surface area contributed by atoms with Crippen molar-refractivity contribution < 1.29 is 0 Å². The van der Waals surface area contributed by atoms with E-state index in [1.54, 1.807) is 18.4 Å². The van der Waals surface area contributed by atoms with Crippen molar-refractivity contribution in [2.24, 2.45) is 4.99 Å². The van der Waals surface area contributed by atoms with Crippen molar-refractivity contribution in [1.29, 1.82) is 0 Å². The van der Waals surface area contributed by atoms with Gasteiger partial charge in [-0.1, -0.05) is 42.5 Å². The molecule has 0 saturated heterocycles. The second-order valence-corrected chi connectivity index (χ2v) is 5.83. The smallest absolute Gasteiger partial charge is 0.191 e. The highest BCUT2D eigenvalue weighted by molar-refractivity contribution is 7.07. The van der Waals surface area contributed by atoms with Gasteiger partial charge in [0, 0.05) is 20.1 Å². The lowest BCUT2D eigenvalue weighted by Crippen LogP contribution is -2.36. The number of rotatable bonds is 4. The molecule has 0 radical (unpaired) electrons. The lowest BCUT2D eigenvalue weighted by atomic mass is 10.0. The maximum Gasteiger partial charge on any atom is 0.191 e. The molecule has 0 atom stereocenters. The quantitative estimate of drug-likeness (QED) is 0.568. The van der Waals surface area contributed by atoms with Gasteiger partial charge >= 0.3 is 0 Å². The van der Waals surface area contributed by atoms with Crippen LogP contribution in [0.15, 0.2) is 64.3 Å². The SMILES string of the molecule is CN=C(NCc1ccsc1)NCc1cccc2ccccc12. The molecule has 0 saturated carbocycles. The predicted molar refractivity (Wildman–Crippen MR) is 95.3 cm³/mol. The third kappa shape index (κ3) is 3.46. The summed E-state index contributed by atoms with van der Waals surface area (Å²) in [5.74, 6) is 0.819. The number of nitrogens with zero attached hydrogens (tertiary/aromatic N) is 1. The number of guanidine groups is 1. The molecule has 0 aliphatic carbocycles. The van der Waals surface area contributed by atoms with E-state index in [-0.39, 0.29) is 0 Å². The fraction of sp³-hybridized carbons (Fsp3) is 0.167. The van der Waals surface area contributed by atoms with Crippen LogP contribution in [0.5, 0.6) is 0 Å². The molecule has 0 bridgehead atoms. The van der Waals surface area contributed by atoms with Crippen LogP contribution in [-0.2, 0) is 13.1 Å². The zero-order chi connectivity index (χ0) is 15.2. The van der Waals surface area contributed by atoms with Gasteiger partial charge in [-0.25, -0.2) is 0 Å². The first-order chi connectivity index (χ1) is 10.9. The molecule has 1 aromatic heterocycles. The Kier molecular flexibility index (Phi) is 4.71. The zero-order valence-corrected chi connectivity index (χ0v) is 13.4. The van der Waals surface area contributed by atoms with Gasteiger partial charge in [-0.05, 0) is 38.7 Å². The van der Waals surface area contributed by atoms with Gasteiger partial charge in [0.1, 0.15) is 0 Å². The van der Waals surface area contributed by atoms with Gasteiger partial charge in [-0.2, -0.15) is 11.3 Å². The predicted octanol–water partition coefficient (Wildman–Crippen LogP) is 3.77. The molecule has 0 unspecified atom stereocenters.